The standard InChI is InChI=1S/C36H29Cl2N3O4S/c1-3-44-28-17-14-23(15-18-28)33-32(34(42)40-27-10-5-4-6-11-27)22(2)39-36-41(33)35(43)31(46-36)19-24-9-7-8-12-30(24)45-21-25-13-16-26(37)20-29(25)38/h4-20,33H,3,21H2,1-2H3,(H,40,42)/b31-19+/t33-/m1/s1. The Kier molecular flexibility index (Phi) is 9.40. The van der Waals surface area contributed by atoms with Gasteiger partial charge in [-0.05, 0) is 68.0 Å². The summed E-state index contributed by atoms with van der Waals surface area (Å²) in [7, 11) is 0. The Morgan fingerprint density at radius 1 is 0.978 bits per heavy atom. The maximum Gasteiger partial charge on any atom is 0.271 e. The van der Waals surface area contributed by atoms with Crippen LogP contribution in [0, 0.1) is 0 Å². The van der Waals surface area contributed by atoms with Crippen LogP contribution in [-0.4, -0.2) is 17.1 Å². The first kappa shape index (κ1) is 31.4. The molecular weight excluding hydrogens is 641 g/mol. The van der Waals surface area contributed by atoms with Gasteiger partial charge in [-0.15, -0.1) is 0 Å². The third-order valence-corrected chi connectivity index (χ3v) is 8.98. The summed E-state index contributed by atoms with van der Waals surface area (Å²) in [5, 5.41) is 4.03. The van der Waals surface area contributed by atoms with Gasteiger partial charge in [0.05, 0.1) is 28.5 Å². The number of ether oxygens (including phenoxy) is 2. The van der Waals surface area contributed by atoms with Crippen LogP contribution in [0.1, 0.15) is 36.6 Å². The SMILES string of the molecule is CCOc1ccc([C@@H]2C(C(=O)Nc3ccccc3)=C(C)N=c3s/c(=C/c4ccccc4OCc4ccc(Cl)cc4Cl)c(=O)n32)cc1. The van der Waals surface area contributed by atoms with E-state index < -0.39 is 6.04 Å². The molecule has 0 saturated heterocycles. The van der Waals surface area contributed by atoms with Crippen molar-refractivity contribution in [2.45, 2.75) is 26.5 Å². The predicted molar refractivity (Wildman–Crippen MR) is 184 cm³/mol. The Morgan fingerprint density at radius 2 is 1.72 bits per heavy atom. The maximum absolute atomic E-state index is 14.2. The third kappa shape index (κ3) is 6.65. The van der Waals surface area contributed by atoms with Crippen molar-refractivity contribution in [1.82, 2.24) is 4.57 Å². The molecule has 0 radical (unpaired) electrons. The number of fused-ring (bicyclic) bond motifs is 1. The lowest BCUT2D eigenvalue weighted by Gasteiger charge is -2.25. The molecule has 1 aliphatic rings. The average Bonchev–Trinajstić information content (AvgIpc) is 3.35. The molecule has 2 heterocycles. The molecule has 4 aromatic carbocycles. The molecular formula is C36H29Cl2N3O4S. The molecule has 10 heteroatoms. The number of amides is 1. The lowest BCUT2D eigenvalue weighted by atomic mass is 9.95. The van der Waals surface area contributed by atoms with Gasteiger partial charge >= 0.3 is 0 Å². The number of benzene rings is 4. The van der Waals surface area contributed by atoms with E-state index in [-0.39, 0.29) is 18.1 Å². The Labute approximate surface area is 279 Å². The van der Waals surface area contributed by atoms with Gasteiger partial charge in [0, 0.05) is 26.9 Å². The molecule has 1 atom stereocenters. The summed E-state index contributed by atoms with van der Waals surface area (Å²) >= 11 is 13.7. The number of allylic oxidation sites excluding steroid dienone is 1. The average molecular weight is 671 g/mol. The van der Waals surface area contributed by atoms with Crippen LogP contribution in [0.2, 0.25) is 10.0 Å². The second-order valence-electron chi connectivity index (χ2n) is 10.5. The number of para-hydroxylation sites is 2. The highest BCUT2D eigenvalue weighted by Crippen LogP contribution is 2.32. The van der Waals surface area contributed by atoms with Crippen molar-refractivity contribution in [3.63, 3.8) is 0 Å². The molecule has 0 bridgehead atoms. The fraction of sp³-hybridized carbons (Fsp3) is 0.139. The fourth-order valence-corrected chi connectivity index (χ4v) is 6.73. The summed E-state index contributed by atoms with van der Waals surface area (Å²) in [5.74, 6) is 0.952. The molecule has 232 valence electrons. The normalized spacial score (nSPS) is 14.4. The Bertz CT molecular complexity index is 2120. The van der Waals surface area contributed by atoms with Gasteiger partial charge in [0.1, 0.15) is 18.1 Å². The summed E-state index contributed by atoms with van der Waals surface area (Å²) in [6.07, 6.45) is 1.79. The zero-order valence-corrected chi connectivity index (χ0v) is 27.3. The molecule has 0 fully saturated rings. The number of carbonyl (C=O) groups is 1. The first-order chi connectivity index (χ1) is 22.3. The predicted octanol–water partition coefficient (Wildman–Crippen LogP) is 7.16. The molecule has 1 N–H and O–H groups in total. The summed E-state index contributed by atoms with van der Waals surface area (Å²) in [5.41, 5.74) is 3.55. The molecule has 7 nitrogen and oxygen atoms in total. The van der Waals surface area contributed by atoms with Crippen molar-refractivity contribution in [3.8, 4) is 11.5 Å². The van der Waals surface area contributed by atoms with Crippen LogP contribution < -0.4 is 29.7 Å². The van der Waals surface area contributed by atoms with Crippen molar-refractivity contribution < 1.29 is 14.3 Å². The van der Waals surface area contributed by atoms with E-state index in [9.17, 15) is 9.59 Å². The highest BCUT2D eigenvalue weighted by molar-refractivity contribution is 7.07. The van der Waals surface area contributed by atoms with Crippen LogP contribution in [0.3, 0.4) is 0 Å². The number of hydrogen-bond donors (Lipinski definition) is 1. The molecule has 1 aliphatic heterocycles. The van der Waals surface area contributed by atoms with Crippen LogP contribution in [-0.2, 0) is 11.4 Å². The van der Waals surface area contributed by atoms with Gasteiger partial charge in [0.15, 0.2) is 4.80 Å². The molecule has 0 saturated carbocycles. The van der Waals surface area contributed by atoms with E-state index in [2.05, 4.69) is 5.32 Å². The number of nitrogens with zero attached hydrogens (tertiary/aromatic N) is 2. The third-order valence-electron chi connectivity index (χ3n) is 7.41. The number of hydrogen-bond acceptors (Lipinski definition) is 6. The van der Waals surface area contributed by atoms with E-state index in [1.807, 2.05) is 91.9 Å². The van der Waals surface area contributed by atoms with E-state index in [1.165, 1.54) is 11.3 Å². The van der Waals surface area contributed by atoms with Gasteiger partial charge < -0.3 is 14.8 Å². The van der Waals surface area contributed by atoms with Gasteiger partial charge in [0.2, 0.25) is 0 Å². The van der Waals surface area contributed by atoms with E-state index in [0.717, 1.165) is 11.1 Å². The molecule has 1 amide bonds. The maximum atomic E-state index is 14.2. The number of nitrogens with one attached hydrogen (secondary N) is 1. The first-order valence-corrected chi connectivity index (χ1v) is 16.2. The zero-order valence-electron chi connectivity index (χ0n) is 25.0. The first-order valence-electron chi connectivity index (χ1n) is 14.6. The van der Waals surface area contributed by atoms with Crippen molar-refractivity contribution in [1.29, 1.82) is 0 Å². The van der Waals surface area contributed by atoms with Gasteiger partial charge in [-0.25, -0.2) is 4.99 Å². The molecule has 46 heavy (non-hydrogen) atoms. The number of anilines is 1. The quantitative estimate of drug-likeness (QED) is 0.181. The van der Waals surface area contributed by atoms with Crippen LogP contribution in [0.4, 0.5) is 5.69 Å². The topological polar surface area (TPSA) is 81.9 Å². The van der Waals surface area contributed by atoms with Gasteiger partial charge in [-0.2, -0.15) is 0 Å². The Hall–Kier alpha value is -4.63. The van der Waals surface area contributed by atoms with Crippen LogP contribution in [0.5, 0.6) is 11.5 Å². The van der Waals surface area contributed by atoms with Gasteiger partial charge in [0.25, 0.3) is 11.5 Å². The van der Waals surface area contributed by atoms with E-state index >= 15 is 0 Å². The summed E-state index contributed by atoms with van der Waals surface area (Å²) < 4.78 is 13.8. The van der Waals surface area contributed by atoms with Crippen molar-refractivity contribution in [3.05, 3.63) is 155 Å². The lowest BCUT2D eigenvalue weighted by molar-refractivity contribution is -0.113. The summed E-state index contributed by atoms with van der Waals surface area (Å²) in [6, 6.07) is 28.7. The van der Waals surface area contributed by atoms with Crippen LogP contribution >= 0.6 is 34.5 Å². The van der Waals surface area contributed by atoms with Crippen LogP contribution in [0.25, 0.3) is 6.08 Å². The summed E-state index contributed by atoms with van der Waals surface area (Å²) in [4.78, 5) is 33.3. The minimum absolute atomic E-state index is 0.221. The minimum Gasteiger partial charge on any atom is -0.494 e. The van der Waals surface area contributed by atoms with E-state index in [4.69, 9.17) is 37.7 Å². The number of aromatic nitrogens is 1. The van der Waals surface area contributed by atoms with Gasteiger partial charge in [-0.1, -0.05) is 89.1 Å². The minimum atomic E-state index is -0.712. The fourth-order valence-electron chi connectivity index (χ4n) is 5.23. The molecule has 6 rings (SSSR count). The van der Waals surface area contributed by atoms with E-state index in [1.54, 1.807) is 29.7 Å². The molecule has 0 spiro atoms. The molecule has 1 aromatic heterocycles. The molecule has 0 aliphatic carbocycles. The van der Waals surface area contributed by atoms with E-state index in [0.29, 0.717) is 60.0 Å². The number of rotatable bonds is 9. The number of halogens is 2. The van der Waals surface area contributed by atoms with Crippen molar-refractivity contribution in [2.24, 2.45) is 4.99 Å². The Balaban J connectivity index is 1.41. The highest BCUT2D eigenvalue weighted by atomic mass is 35.5. The Morgan fingerprint density at radius 3 is 2.46 bits per heavy atom. The monoisotopic (exact) mass is 669 g/mol. The molecule has 5 aromatic rings. The van der Waals surface area contributed by atoms with Gasteiger partial charge in [-0.3, -0.25) is 14.2 Å². The number of carbonyl (C=O) groups excluding carboxylic acids is 1. The second-order valence-corrected chi connectivity index (χ2v) is 12.3. The second kappa shape index (κ2) is 13.8. The smallest absolute Gasteiger partial charge is 0.271 e. The lowest BCUT2D eigenvalue weighted by Crippen LogP contribution is -2.40. The van der Waals surface area contributed by atoms with Crippen LogP contribution in [0.15, 0.2) is 118 Å². The van der Waals surface area contributed by atoms with Crippen molar-refractivity contribution in [2.75, 3.05) is 11.9 Å². The van der Waals surface area contributed by atoms with Crippen molar-refractivity contribution >= 4 is 52.2 Å². The largest absolute Gasteiger partial charge is 0.494 e. The summed E-state index contributed by atoms with van der Waals surface area (Å²) in [6.45, 7) is 4.46. The highest BCUT2D eigenvalue weighted by Gasteiger charge is 2.32. The zero-order chi connectivity index (χ0) is 32.2. The number of thiazole rings is 1. The molecule has 0 unspecified atom stereocenters.